The van der Waals surface area contributed by atoms with Crippen LogP contribution >= 0.6 is 23.4 Å². The summed E-state index contributed by atoms with van der Waals surface area (Å²) in [5.41, 5.74) is 6.42. The van der Waals surface area contributed by atoms with E-state index in [1.54, 1.807) is 11.8 Å². The standard InChI is InChI=1S/C33H32ClN5OS/c1-23-10-9-15-27(18-23)22-41-33-38-37-31(39(33)30-20-28(34)17-16-24(30)2)29(19-25-11-5-3-6-12-25)36-32(40)35-21-26-13-7-4-8-14-26/h3-18,20,29H,19,21-22H2,1-2H3,(H2,35,36,40). The summed E-state index contributed by atoms with van der Waals surface area (Å²) in [5, 5.41) is 16.8. The molecule has 2 N–H and O–H groups in total. The van der Waals surface area contributed by atoms with Crippen LogP contribution < -0.4 is 10.6 Å². The molecule has 0 saturated heterocycles. The molecule has 0 spiro atoms. The van der Waals surface area contributed by atoms with E-state index in [-0.39, 0.29) is 6.03 Å². The summed E-state index contributed by atoms with van der Waals surface area (Å²) in [6.07, 6.45) is 0.542. The third-order valence-corrected chi connectivity index (χ3v) is 7.95. The summed E-state index contributed by atoms with van der Waals surface area (Å²) >= 11 is 8.09. The lowest BCUT2D eigenvalue weighted by atomic mass is 10.0. The Hall–Kier alpha value is -4.07. The van der Waals surface area contributed by atoms with E-state index in [4.69, 9.17) is 11.6 Å². The van der Waals surface area contributed by atoms with Crippen molar-refractivity contribution in [3.05, 3.63) is 142 Å². The number of nitrogens with one attached hydrogen (secondary N) is 2. The van der Waals surface area contributed by atoms with Gasteiger partial charge in [-0.3, -0.25) is 4.57 Å². The van der Waals surface area contributed by atoms with E-state index in [9.17, 15) is 4.79 Å². The van der Waals surface area contributed by atoms with E-state index in [2.05, 4.69) is 64.2 Å². The molecule has 1 aromatic heterocycles. The van der Waals surface area contributed by atoms with E-state index < -0.39 is 6.04 Å². The van der Waals surface area contributed by atoms with Crippen molar-refractivity contribution < 1.29 is 4.79 Å². The average molecular weight is 582 g/mol. The number of urea groups is 1. The van der Waals surface area contributed by atoms with Crippen LogP contribution in [0.25, 0.3) is 5.69 Å². The number of halogens is 1. The Bertz CT molecular complexity index is 1610. The van der Waals surface area contributed by atoms with Gasteiger partial charge in [0.1, 0.15) is 0 Å². The van der Waals surface area contributed by atoms with Crippen LogP contribution in [-0.4, -0.2) is 20.8 Å². The molecule has 0 aliphatic carbocycles. The number of hydrogen-bond acceptors (Lipinski definition) is 4. The van der Waals surface area contributed by atoms with Gasteiger partial charge < -0.3 is 10.6 Å². The maximum Gasteiger partial charge on any atom is 0.315 e. The van der Waals surface area contributed by atoms with E-state index >= 15 is 0 Å². The molecule has 1 unspecified atom stereocenters. The third kappa shape index (κ3) is 7.57. The molecule has 2 amide bonds. The molecular weight excluding hydrogens is 550 g/mol. The van der Waals surface area contributed by atoms with Crippen molar-refractivity contribution in [3.63, 3.8) is 0 Å². The number of nitrogens with zero attached hydrogens (tertiary/aromatic N) is 3. The van der Waals surface area contributed by atoms with Crippen LogP contribution in [0.2, 0.25) is 5.02 Å². The fraction of sp³-hybridized carbons (Fsp3) is 0.182. The molecule has 0 bridgehead atoms. The lowest BCUT2D eigenvalue weighted by Gasteiger charge is -2.21. The number of thioether (sulfide) groups is 1. The van der Waals surface area contributed by atoms with Gasteiger partial charge in [-0.2, -0.15) is 0 Å². The van der Waals surface area contributed by atoms with Crippen molar-refractivity contribution >= 4 is 29.4 Å². The number of carbonyl (C=O) groups excluding carboxylic acids is 1. The Morgan fingerprint density at radius 3 is 2.29 bits per heavy atom. The van der Waals surface area contributed by atoms with Crippen LogP contribution in [0.3, 0.4) is 0 Å². The largest absolute Gasteiger partial charge is 0.334 e. The predicted octanol–water partition coefficient (Wildman–Crippen LogP) is 7.61. The number of carbonyl (C=O) groups is 1. The number of benzene rings is 4. The first-order valence-corrected chi connectivity index (χ1v) is 14.8. The average Bonchev–Trinajstić information content (AvgIpc) is 3.41. The molecule has 0 fully saturated rings. The number of amides is 2. The van der Waals surface area contributed by atoms with Crippen LogP contribution in [0.5, 0.6) is 0 Å². The Morgan fingerprint density at radius 2 is 1.56 bits per heavy atom. The van der Waals surface area contributed by atoms with E-state index in [1.165, 1.54) is 11.1 Å². The molecule has 0 radical (unpaired) electrons. The summed E-state index contributed by atoms with van der Waals surface area (Å²) < 4.78 is 2.03. The van der Waals surface area contributed by atoms with Gasteiger partial charge in [-0.05, 0) is 48.2 Å². The highest BCUT2D eigenvalue weighted by Gasteiger charge is 2.26. The van der Waals surface area contributed by atoms with Crippen LogP contribution in [0, 0.1) is 13.8 Å². The first kappa shape index (κ1) is 28.5. The Morgan fingerprint density at radius 1 is 0.854 bits per heavy atom. The van der Waals surface area contributed by atoms with Gasteiger partial charge >= 0.3 is 6.03 Å². The lowest BCUT2D eigenvalue weighted by Crippen LogP contribution is -2.39. The number of aryl methyl sites for hydroxylation is 2. The SMILES string of the molecule is Cc1cccc(CSc2nnc(C(Cc3ccccc3)NC(=O)NCc3ccccc3)n2-c2cc(Cl)ccc2C)c1. The minimum Gasteiger partial charge on any atom is -0.334 e. The molecule has 1 heterocycles. The third-order valence-electron chi connectivity index (χ3n) is 6.72. The van der Waals surface area contributed by atoms with E-state index in [1.807, 2.05) is 78.2 Å². The first-order valence-electron chi connectivity index (χ1n) is 13.5. The molecule has 6 nitrogen and oxygen atoms in total. The van der Waals surface area contributed by atoms with Gasteiger partial charge in [0.15, 0.2) is 11.0 Å². The number of hydrogen-bond donors (Lipinski definition) is 2. The zero-order chi connectivity index (χ0) is 28.6. The van der Waals surface area contributed by atoms with Crippen molar-refractivity contribution in [1.82, 2.24) is 25.4 Å². The molecule has 8 heteroatoms. The smallest absolute Gasteiger partial charge is 0.315 e. The van der Waals surface area contributed by atoms with Crippen molar-refractivity contribution in [3.8, 4) is 5.69 Å². The quantitative estimate of drug-likeness (QED) is 0.166. The Kier molecular flexibility index (Phi) is 9.39. The monoisotopic (exact) mass is 581 g/mol. The first-order chi connectivity index (χ1) is 20.0. The van der Waals surface area contributed by atoms with Gasteiger partial charge in [0.2, 0.25) is 0 Å². The molecule has 0 aliphatic heterocycles. The minimum atomic E-state index is -0.452. The van der Waals surface area contributed by atoms with Gasteiger partial charge in [-0.1, -0.05) is 120 Å². The second-order valence-corrected chi connectivity index (χ2v) is 11.3. The molecule has 41 heavy (non-hydrogen) atoms. The minimum absolute atomic E-state index is 0.277. The summed E-state index contributed by atoms with van der Waals surface area (Å²) in [6, 6.07) is 33.4. The topological polar surface area (TPSA) is 71.8 Å². The Labute approximate surface area is 250 Å². The Balaban J connectivity index is 1.50. The van der Waals surface area contributed by atoms with Gasteiger partial charge in [0.05, 0.1) is 11.7 Å². The molecule has 208 valence electrons. The van der Waals surface area contributed by atoms with Crippen molar-refractivity contribution in [1.29, 1.82) is 0 Å². The van der Waals surface area contributed by atoms with Crippen molar-refractivity contribution in [2.75, 3.05) is 0 Å². The number of aromatic nitrogens is 3. The maximum atomic E-state index is 13.2. The predicted molar refractivity (Wildman–Crippen MR) is 167 cm³/mol. The maximum absolute atomic E-state index is 13.2. The zero-order valence-corrected chi connectivity index (χ0v) is 24.6. The molecule has 0 aliphatic rings. The van der Waals surface area contributed by atoms with Gasteiger partial charge in [-0.15, -0.1) is 10.2 Å². The highest BCUT2D eigenvalue weighted by Crippen LogP contribution is 2.31. The van der Waals surface area contributed by atoms with Crippen molar-refractivity contribution in [2.24, 2.45) is 0 Å². The van der Waals surface area contributed by atoms with Crippen molar-refractivity contribution in [2.45, 2.75) is 43.8 Å². The second-order valence-electron chi connectivity index (χ2n) is 9.94. The fourth-order valence-electron chi connectivity index (χ4n) is 4.64. The molecule has 5 rings (SSSR count). The normalized spacial score (nSPS) is 11.7. The summed E-state index contributed by atoms with van der Waals surface area (Å²) in [5.74, 6) is 1.37. The van der Waals surface area contributed by atoms with Crippen LogP contribution in [0.15, 0.2) is 108 Å². The highest BCUT2D eigenvalue weighted by molar-refractivity contribution is 7.98. The molecule has 0 saturated carbocycles. The van der Waals surface area contributed by atoms with E-state index in [0.717, 1.165) is 33.3 Å². The highest BCUT2D eigenvalue weighted by atomic mass is 35.5. The van der Waals surface area contributed by atoms with Crippen LogP contribution in [0.4, 0.5) is 4.79 Å². The summed E-state index contributed by atoms with van der Waals surface area (Å²) in [6.45, 7) is 4.55. The van der Waals surface area contributed by atoms with Crippen LogP contribution in [-0.2, 0) is 18.7 Å². The molecular formula is C33H32ClN5OS. The van der Waals surface area contributed by atoms with Gasteiger partial charge in [0, 0.05) is 23.7 Å². The zero-order valence-electron chi connectivity index (χ0n) is 23.0. The van der Waals surface area contributed by atoms with Crippen LogP contribution in [0.1, 0.15) is 39.7 Å². The summed E-state index contributed by atoms with van der Waals surface area (Å²) in [7, 11) is 0. The summed E-state index contributed by atoms with van der Waals surface area (Å²) in [4.78, 5) is 13.2. The molecule has 5 aromatic rings. The van der Waals surface area contributed by atoms with E-state index in [0.29, 0.717) is 23.8 Å². The van der Waals surface area contributed by atoms with Gasteiger partial charge in [-0.25, -0.2) is 4.79 Å². The molecule has 1 atom stereocenters. The number of rotatable bonds is 10. The lowest BCUT2D eigenvalue weighted by molar-refractivity contribution is 0.236. The second kappa shape index (κ2) is 13.5. The van der Waals surface area contributed by atoms with Gasteiger partial charge in [0.25, 0.3) is 0 Å². The molecule has 4 aromatic carbocycles. The fourth-order valence-corrected chi connectivity index (χ4v) is 5.71.